The molecule has 1 aromatic carbocycles. The number of aliphatic hydroxyl groups is 1. The number of methoxy groups -OCH3 is 1. The number of benzene rings is 1. The van der Waals surface area contributed by atoms with Gasteiger partial charge in [-0.25, -0.2) is 0 Å². The first-order valence-corrected chi connectivity index (χ1v) is 6.50. The van der Waals surface area contributed by atoms with Crippen LogP contribution in [-0.4, -0.2) is 47.9 Å². The summed E-state index contributed by atoms with van der Waals surface area (Å²) >= 11 is 0. The number of alkyl halides is 3. The van der Waals surface area contributed by atoms with Crippen LogP contribution in [0.25, 0.3) is 0 Å². The molecule has 0 bridgehead atoms. The Morgan fingerprint density at radius 2 is 2.05 bits per heavy atom. The van der Waals surface area contributed by atoms with Crippen LogP contribution in [0.15, 0.2) is 24.3 Å². The van der Waals surface area contributed by atoms with Crippen molar-refractivity contribution in [2.45, 2.75) is 24.6 Å². The van der Waals surface area contributed by atoms with Gasteiger partial charge in [0.15, 0.2) is 5.60 Å². The molecule has 116 valence electrons. The van der Waals surface area contributed by atoms with E-state index in [0.29, 0.717) is 5.75 Å². The van der Waals surface area contributed by atoms with Crippen molar-refractivity contribution in [2.75, 3.05) is 20.2 Å². The average Bonchev–Trinajstić information content (AvgIpc) is 2.45. The Hall–Kier alpha value is -1.76. The van der Waals surface area contributed by atoms with Crippen LogP contribution >= 0.6 is 0 Å². The number of rotatable bonds is 2. The highest BCUT2D eigenvalue weighted by molar-refractivity contribution is 5.97. The predicted molar refractivity (Wildman–Crippen MR) is 69.1 cm³/mol. The number of carbonyl (C=O) groups is 1. The number of piperidine rings is 1. The second-order valence-corrected chi connectivity index (χ2v) is 5.06. The number of halogens is 3. The molecule has 1 aromatic rings. The molecule has 0 spiro atoms. The van der Waals surface area contributed by atoms with Gasteiger partial charge in [0.1, 0.15) is 5.75 Å². The lowest BCUT2D eigenvalue weighted by molar-refractivity contribution is -0.271. The number of likely N-dealkylation sites (tertiary alicyclic amines) is 1. The molecule has 1 aliphatic rings. The molecule has 4 nitrogen and oxygen atoms in total. The van der Waals surface area contributed by atoms with Crippen LogP contribution in [0.4, 0.5) is 13.2 Å². The Morgan fingerprint density at radius 1 is 1.38 bits per heavy atom. The number of β-amino-alcohol motifs (C(OH)–C–C–N with tert-alkyl or cyclic N) is 1. The molecule has 2 rings (SSSR count). The van der Waals surface area contributed by atoms with Gasteiger partial charge < -0.3 is 14.7 Å². The minimum atomic E-state index is -4.76. The molecular weight excluding hydrogens is 287 g/mol. The Balaban J connectivity index is 2.24. The zero-order valence-corrected chi connectivity index (χ0v) is 11.5. The van der Waals surface area contributed by atoms with E-state index >= 15 is 0 Å². The van der Waals surface area contributed by atoms with Crippen molar-refractivity contribution in [3.63, 3.8) is 0 Å². The number of carbonyl (C=O) groups excluding carboxylic acids is 1. The lowest BCUT2D eigenvalue weighted by Crippen LogP contribution is -2.58. The van der Waals surface area contributed by atoms with E-state index in [-0.39, 0.29) is 18.5 Å². The molecule has 1 saturated heterocycles. The summed E-state index contributed by atoms with van der Waals surface area (Å²) in [5, 5.41) is 9.75. The maximum atomic E-state index is 12.9. The van der Waals surface area contributed by atoms with Crippen LogP contribution in [0.1, 0.15) is 23.2 Å². The second-order valence-electron chi connectivity index (χ2n) is 5.06. The monoisotopic (exact) mass is 303 g/mol. The van der Waals surface area contributed by atoms with E-state index in [9.17, 15) is 23.1 Å². The molecule has 7 heteroatoms. The second kappa shape index (κ2) is 5.55. The Morgan fingerprint density at radius 3 is 2.67 bits per heavy atom. The summed E-state index contributed by atoms with van der Waals surface area (Å²) in [6, 6.07) is 6.32. The van der Waals surface area contributed by atoms with Crippen LogP contribution in [0.3, 0.4) is 0 Å². The summed E-state index contributed by atoms with van der Waals surface area (Å²) in [5.41, 5.74) is -2.66. The van der Waals surface area contributed by atoms with Gasteiger partial charge in [0.2, 0.25) is 0 Å². The van der Waals surface area contributed by atoms with Crippen molar-refractivity contribution in [1.29, 1.82) is 0 Å². The van der Waals surface area contributed by atoms with E-state index in [2.05, 4.69) is 0 Å². The zero-order valence-electron chi connectivity index (χ0n) is 11.5. The molecule has 1 amide bonds. The van der Waals surface area contributed by atoms with Crippen LogP contribution in [0.5, 0.6) is 5.75 Å². The fourth-order valence-corrected chi connectivity index (χ4v) is 2.43. The van der Waals surface area contributed by atoms with Crippen LogP contribution in [-0.2, 0) is 0 Å². The minimum absolute atomic E-state index is 0.0941. The standard InChI is InChI=1S/C14H16F3NO3/c1-21-11-6-3-2-5-10(11)12(19)18-8-4-7-13(20,9-18)14(15,16)17/h2-3,5-6,20H,4,7-9H2,1H3/t13-/m0/s1. The summed E-state index contributed by atoms with van der Waals surface area (Å²) in [6.45, 7) is -0.581. The third-order valence-corrected chi connectivity index (χ3v) is 3.62. The van der Waals surface area contributed by atoms with Gasteiger partial charge in [-0.2, -0.15) is 13.2 Å². The molecule has 1 atom stereocenters. The van der Waals surface area contributed by atoms with Crippen molar-refractivity contribution in [3.05, 3.63) is 29.8 Å². The van der Waals surface area contributed by atoms with E-state index in [1.54, 1.807) is 18.2 Å². The largest absolute Gasteiger partial charge is 0.496 e. The van der Waals surface area contributed by atoms with E-state index in [1.165, 1.54) is 13.2 Å². The van der Waals surface area contributed by atoms with E-state index in [0.717, 1.165) is 4.90 Å². The third kappa shape index (κ3) is 2.97. The Labute approximate surface area is 120 Å². The van der Waals surface area contributed by atoms with Crippen molar-refractivity contribution in [1.82, 2.24) is 4.90 Å². The van der Waals surface area contributed by atoms with Gasteiger partial charge in [0, 0.05) is 6.54 Å². The third-order valence-electron chi connectivity index (χ3n) is 3.62. The van der Waals surface area contributed by atoms with E-state index < -0.39 is 30.7 Å². The quantitative estimate of drug-likeness (QED) is 0.911. The summed E-state index contributed by atoms with van der Waals surface area (Å²) in [4.78, 5) is 13.4. The molecule has 21 heavy (non-hydrogen) atoms. The van der Waals surface area contributed by atoms with Crippen molar-refractivity contribution in [3.8, 4) is 5.75 Å². The molecule has 1 aliphatic heterocycles. The SMILES string of the molecule is COc1ccccc1C(=O)N1CCC[C@@](O)(C(F)(F)F)C1. The lowest BCUT2D eigenvalue weighted by Gasteiger charge is -2.40. The average molecular weight is 303 g/mol. The molecule has 0 aliphatic carbocycles. The van der Waals surface area contributed by atoms with Gasteiger partial charge in [0.25, 0.3) is 5.91 Å². The lowest BCUT2D eigenvalue weighted by atomic mass is 9.91. The van der Waals surface area contributed by atoms with Gasteiger partial charge in [-0.15, -0.1) is 0 Å². The number of amides is 1. The number of hydrogen-bond acceptors (Lipinski definition) is 3. The molecular formula is C14H16F3NO3. The molecule has 1 fully saturated rings. The molecule has 0 unspecified atom stereocenters. The normalized spacial score (nSPS) is 23.0. The molecule has 0 saturated carbocycles. The molecule has 0 aromatic heterocycles. The summed E-state index contributed by atoms with van der Waals surface area (Å²) in [7, 11) is 1.38. The fraction of sp³-hybridized carbons (Fsp3) is 0.500. The first-order valence-electron chi connectivity index (χ1n) is 6.50. The maximum absolute atomic E-state index is 12.9. The van der Waals surface area contributed by atoms with Crippen LogP contribution in [0, 0.1) is 0 Å². The Kier molecular flexibility index (Phi) is 4.13. The van der Waals surface area contributed by atoms with Crippen LogP contribution < -0.4 is 4.74 Å². The maximum Gasteiger partial charge on any atom is 0.418 e. The zero-order chi connectivity index (χ0) is 15.7. The molecule has 1 N–H and O–H groups in total. The number of hydrogen-bond donors (Lipinski definition) is 1. The number of ether oxygens (including phenoxy) is 1. The van der Waals surface area contributed by atoms with Crippen molar-refractivity contribution < 1.29 is 27.8 Å². The fourth-order valence-electron chi connectivity index (χ4n) is 2.43. The highest BCUT2D eigenvalue weighted by atomic mass is 19.4. The van der Waals surface area contributed by atoms with Crippen molar-refractivity contribution >= 4 is 5.91 Å². The van der Waals surface area contributed by atoms with Gasteiger partial charge in [-0.1, -0.05) is 12.1 Å². The Bertz CT molecular complexity index is 532. The van der Waals surface area contributed by atoms with Gasteiger partial charge >= 0.3 is 6.18 Å². The van der Waals surface area contributed by atoms with Gasteiger partial charge in [-0.05, 0) is 25.0 Å². The van der Waals surface area contributed by atoms with Gasteiger partial charge in [0.05, 0.1) is 19.2 Å². The molecule has 0 radical (unpaired) electrons. The molecule has 1 heterocycles. The number of nitrogens with zero attached hydrogens (tertiary/aromatic N) is 1. The summed E-state index contributed by atoms with van der Waals surface area (Å²) < 4.78 is 43.7. The minimum Gasteiger partial charge on any atom is -0.496 e. The summed E-state index contributed by atoms with van der Waals surface area (Å²) in [5.74, 6) is -0.279. The van der Waals surface area contributed by atoms with Crippen molar-refractivity contribution in [2.24, 2.45) is 0 Å². The highest BCUT2D eigenvalue weighted by Gasteiger charge is 2.56. The van der Waals surface area contributed by atoms with E-state index in [1.807, 2.05) is 0 Å². The first kappa shape index (κ1) is 15.6. The smallest absolute Gasteiger partial charge is 0.418 e. The topological polar surface area (TPSA) is 49.8 Å². The number of para-hydroxylation sites is 1. The van der Waals surface area contributed by atoms with E-state index in [4.69, 9.17) is 4.74 Å². The van der Waals surface area contributed by atoms with Crippen LogP contribution in [0.2, 0.25) is 0 Å². The summed E-state index contributed by atoms with van der Waals surface area (Å²) in [6.07, 6.45) is -5.06. The highest BCUT2D eigenvalue weighted by Crippen LogP contribution is 2.37. The van der Waals surface area contributed by atoms with Gasteiger partial charge in [-0.3, -0.25) is 4.79 Å². The first-order chi connectivity index (χ1) is 9.78. The predicted octanol–water partition coefficient (Wildman–Crippen LogP) is 2.22.